The summed E-state index contributed by atoms with van der Waals surface area (Å²) in [6.07, 6.45) is 1.60. The number of hydrogen-bond donors (Lipinski definition) is 2. The van der Waals surface area contributed by atoms with Gasteiger partial charge in [0.25, 0.3) is 0 Å². The summed E-state index contributed by atoms with van der Waals surface area (Å²) in [6, 6.07) is 15.4. The van der Waals surface area contributed by atoms with Gasteiger partial charge >= 0.3 is 6.03 Å². The molecule has 132 valence electrons. The van der Waals surface area contributed by atoms with Crippen LogP contribution in [0.3, 0.4) is 0 Å². The number of rotatable bonds is 6. The van der Waals surface area contributed by atoms with Gasteiger partial charge in [-0.1, -0.05) is 36.4 Å². The van der Waals surface area contributed by atoms with Gasteiger partial charge in [0.2, 0.25) is 0 Å². The van der Waals surface area contributed by atoms with Crippen molar-refractivity contribution < 1.29 is 14.3 Å². The van der Waals surface area contributed by atoms with Gasteiger partial charge in [-0.25, -0.2) is 4.79 Å². The summed E-state index contributed by atoms with van der Waals surface area (Å²) < 4.78 is 11.3. The molecule has 0 spiro atoms. The van der Waals surface area contributed by atoms with Crippen molar-refractivity contribution in [3.05, 3.63) is 59.7 Å². The number of benzene rings is 2. The SMILES string of the molecule is CCOc1ccccc1NC(=O)NCC1(OC)Cc2ccccc2C1. The fraction of sp³-hybridized carbons (Fsp3) is 0.350. The molecule has 0 fully saturated rings. The second-order valence-electron chi connectivity index (χ2n) is 6.25. The average Bonchev–Trinajstić information content (AvgIpc) is 3.01. The first-order valence-electron chi connectivity index (χ1n) is 8.54. The van der Waals surface area contributed by atoms with E-state index in [0.717, 1.165) is 12.8 Å². The maximum Gasteiger partial charge on any atom is 0.319 e. The van der Waals surface area contributed by atoms with Crippen molar-refractivity contribution in [2.75, 3.05) is 25.6 Å². The van der Waals surface area contributed by atoms with Gasteiger partial charge in [-0.15, -0.1) is 0 Å². The molecule has 3 rings (SSSR count). The van der Waals surface area contributed by atoms with Crippen LogP contribution in [0.4, 0.5) is 10.5 Å². The molecular formula is C20H24N2O3. The first kappa shape index (κ1) is 17.3. The van der Waals surface area contributed by atoms with Crippen molar-refractivity contribution in [2.24, 2.45) is 0 Å². The minimum Gasteiger partial charge on any atom is -0.492 e. The third-order valence-corrected chi connectivity index (χ3v) is 4.58. The number of carbonyl (C=O) groups excluding carboxylic acids is 1. The predicted molar refractivity (Wildman–Crippen MR) is 98.2 cm³/mol. The van der Waals surface area contributed by atoms with Gasteiger partial charge in [0.15, 0.2) is 0 Å². The molecule has 2 N–H and O–H groups in total. The van der Waals surface area contributed by atoms with E-state index in [1.54, 1.807) is 7.11 Å². The van der Waals surface area contributed by atoms with Crippen LogP contribution in [0.2, 0.25) is 0 Å². The molecule has 5 nitrogen and oxygen atoms in total. The predicted octanol–water partition coefficient (Wildman–Crippen LogP) is 3.39. The summed E-state index contributed by atoms with van der Waals surface area (Å²) in [4.78, 5) is 12.3. The average molecular weight is 340 g/mol. The second kappa shape index (κ2) is 7.57. The molecular weight excluding hydrogens is 316 g/mol. The monoisotopic (exact) mass is 340 g/mol. The zero-order chi connectivity index (χ0) is 17.7. The Morgan fingerprint density at radius 1 is 1.08 bits per heavy atom. The van der Waals surface area contributed by atoms with Gasteiger partial charge < -0.3 is 20.1 Å². The number of ether oxygens (including phenoxy) is 2. The van der Waals surface area contributed by atoms with Crippen molar-refractivity contribution in [2.45, 2.75) is 25.4 Å². The Bertz CT molecular complexity index is 720. The van der Waals surface area contributed by atoms with Gasteiger partial charge in [0.05, 0.1) is 17.9 Å². The molecule has 0 atom stereocenters. The topological polar surface area (TPSA) is 59.6 Å². The van der Waals surface area contributed by atoms with Crippen molar-refractivity contribution in [1.82, 2.24) is 5.32 Å². The lowest BCUT2D eigenvalue weighted by molar-refractivity contribution is 0.00208. The summed E-state index contributed by atoms with van der Waals surface area (Å²) in [7, 11) is 1.70. The van der Waals surface area contributed by atoms with E-state index in [-0.39, 0.29) is 11.6 Å². The fourth-order valence-electron chi connectivity index (χ4n) is 3.26. The summed E-state index contributed by atoms with van der Waals surface area (Å²) in [5.74, 6) is 0.662. The molecule has 2 aromatic carbocycles. The molecule has 0 saturated carbocycles. The Kier molecular flexibility index (Phi) is 5.24. The number of amides is 2. The standard InChI is InChI=1S/C20H24N2O3/c1-3-25-18-11-7-6-10-17(18)22-19(23)21-14-20(24-2)12-15-8-4-5-9-16(15)13-20/h4-11H,3,12-14H2,1-2H3,(H2,21,22,23). The van der Waals surface area contributed by atoms with E-state index in [1.807, 2.05) is 43.3 Å². The second-order valence-corrected chi connectivity index (χ2v) is 6.25. The van der Waals surface area contributed by atoms with Gasteiger partial charge in [-0.05, 0) is 30.2 Å². The van der Waals surface area contributed by atoms with Crippen LogP contribution in [-0.2, 0) is 17.6 Å². The Hall–Kier alpha value is -2.53. The molecule has 0 unspecified atom stereocenters. The van der Waals surface area contributed by atoms with Crippen LogP contribution in [0.5, 0.6) is 5.75 Å². The summed E-state index contributed by atoms with van der Waals surface area (Å²) in [5, 5.41) is 5.79. The minimum atomic E-state index is -0.388. The number of para-hydroxylation sites is 2. The number of hydrogen-bond acceptors (Lipinski definition) is 3. The maximum atomic E-state index is 12.3. The van der Waals surface area contributed by atoms with Crippen LogP contribution in [-0.4, -0.2) is 31.9 Å². The van der Waals surface area contributed by atoms with Gasteiger partial charge in [-0.2, -0.15) is 0 Å². The number of fused-ring (bicyclic) bond motifs is 1. The lowest BCUT2D eigenvalue weighted by atomic mass is 10.0. The van der Waals surface area contributed by atoms with Crippen molar-refractivity contribution in [3.8, 4) is 5.75 Å². The number of nitrogens with one attached hydrogen (secondary N) is 2. The highest BCUT2D eigenvalue weighted by molar-refractivity contribution is 5.90. The first-order chi connectivity index (χ1) is 12.2. The number of urea groups is 1. The normalized spacial score (nSPS) is 14.6. The molecule has 25 heavy (non-hydrogen) atoms. The Balaban J connectivity index is 1.61. The first-order valence-corrected chi connectivity index (χ1v) is 8.54. The van der Waals surface area contributed by atoms with Crippen molar-refractivity contribution in [3.63, 3.8) is 0 Å². The molecule has 1 aliphatic rings. The van der Waals surface area contributed by atoms with E-state index >= 15 is 0 Å². The third kappa shape index (κ3) is 3.94. The highest BCUT2D eigenvalue weighted by Crippen LogP contribution is 2.32. The Morgan fingerprint density at radius 3 is 2.36 bits per heavy atom. The highest BCUT2D eigenvalue weighted by atomic mass is 16.5. The Morgan fingerprint density at radius 2 is 1.72 bits per heavy atom. The Labute approximate surface area is 148 Å². The van der Waals surface area contributed by atoms with Gasteiger partial charge in [0.1, 0.15) is 5.75 Å². The van der Waals surface area contributed by atoms with Crippen LogP contribution in [0.1, 0.15) is 18.1 Å². The highest BCUT2D eigenvalue weighted by Gasteiger charge is 2.37. The zero-order valence-electron chi connectivity index (χ0n) is 14.7. The van der Waals surface area contributed by atoms with E-state index in [4.69, 9.17) is 9.47 Å². The number of methoxy groups -OCH3 is 1. The van der Waals surface area contributed by atoms with Gasteiger partial charge in [0, 0.05) is 26.5 Å². The maximum absolute atomic E-state index is 12.3. The third-order valence-electron chi connectivity index (χ3n) is 4.58. The van der Waals surface area contributed by atoms with E-state index < -0.39 is 0 Å². The number of carbonyl (C=O) groups is 1. The summed E-state index contributed by atoms with van der Waals surface area (Å²) in [5.41, 5.74) is 2.84. The van der Waals surface area contributed by atoms with Crippen molar-refractivity contribution in [1.29, 1.82) is 0 Å². The largest absolute Gasteiger partial charge is 0.492 e. The molecule has 1 aliphatic carbocycles. The lowest BCUT2D eigenvalue weighted by Crippen LogP contribution is -2.46. The number of anilines is 1. The van der Waals surface area contributed by atoms with E-state index in [9.17, 15) is 4.79 Å². The van der Waals surface area contributed by atoms with Crippen LogP contribution in [0.15, 0.2) is 48.5 Å². The molecule has 5 heteroatoms. The van der Waals surface area contributed by atoms with E-state index in [2.05, 4.69) is 22.8 Å². The minimum absolute atomic E-state index is 0.264. The van der Waals surface area contributed by atoms with Crippen LogP contribution < -0.4 is 15.4 Å². The fourth-order valence-corrected chi connectivity index (χ4v) is 3.26. The van der Waals surface area contributed by atoms with Crippen LogP contribution in [0.25, 0.3) is 0 Å². The summed E-state index contributed by atoms with van der Waals surface area (Å²) >= 11 is 0. The molecule has 0 heterocycles. The van der Waals surface area contributed by atoms with Crippen LogP contribution in [0, 0.1) is 0 Å². The summed E-state index contributed by atoms with van der Waals surface area (Å²) in [6.45, 7) is 2.91. The molecule has 0 saturated heterocycles. The molecule has 0 aliphatic heterocycles. The smallest absolute Gasteiger partial charge is 0.319 e. The van der Waals surface area contributed by atoms with Crippen molar-refractivity contribution >= 4 is 11.7 Å². The van der Waals surface area contributed by atoms with E-state index in [1.165, 1.54) is 11.1 Å². The molecule has 0 bridgehead atoms. The lowest BCUT2D eigenvalue weighted by Gasteiger charge is -2.27. The molecule has 0 aromatic heterocycles. The molecule has 2 amide bonds. The molecule has 2 aromatic rings. The van der Waals surface area contributed by atoms with E-state index in [0.29, 0.717) is 24.6 Å². The van der Waals surface area contributed by atoms with Gasteiger partial charge in [-0.3, -0.25) is 0 Å². The molecule has 0 radical (unpaired) electrons. The quantitative estimate of drug-likeness (QED) is 0.847. The van der Waals surface area contributed by atoms with Crippen LogP contribution >= 0.6 is 0 Å². The zero-order valence-corrected chi connectivity index (χ0v) is 14.7.